The minimum absolute atomic E-state index is 0. The van der Waals surface area contributed by atoms with E-state index in [1.807, 2.05) is 0 Å². The summed E-state index contributed by atoms with van der Waals surface area (Å²) in [6, 6.07) is 0. The molecule has 0 radical (unpaired) electrons. The van der Waals surface area contributed by atoms with Crippen LogP contribution in [-0.2, 0) is 0 Å². The van der Waals surface area contributed by atoms with Gasteiger partial charge < -0.3 is 0 Å². The molecule has 0 aromatic heterocycles. The molecule has 0 fully saturated rings. The van der Waals surface area contributed by atoms with E-state index in [4.69, 9.17) is 0 Å². The largest absolute Gasteiger partial charge is 0.316 e. The van der Waals surface area contributed by atoms with Crippen molar-refractivity contribution in [3.63, 3.8) is 0 Å². The molecular formula is C6H16Mg. The van der Waals surface area contributed by atoms with Crippen LogP contribution in [0.5, 0.6) is 0 Å². The summed E-state index contributed by atoms with van der Waals surface area (Å²) in [5.41, 5.74) is 0. The zero-order chi connectivity index (χ0) is 4.99. The minimum atomic E-state index is 0. The molecule has 42 valence electrons. The maximum atomic E-state index is 2.25. The van der Waals surface area contributed by atoms with Crippen molar-refractivity contribution in [2.24, 2.45) is 5.92 Å². The summed E-state index contributed by atoms with van der Waals surface area (Å²) in [6.07, 6.45) is 2.71. The first-order chi connectivity index (χ1) is 2.77. The van der Waals surface area contributed by atoms with Crippen molar-refractivity contribution < 1.29 is 0 Å². The third-order valence-electron chi connectivity index (χ3n) is 0.866. The summed E-state index contributed by atoms with van der Waals surface area (Å²) in [6.45, 7) is 6.73. The molecule has 7 heavy (non-hydrogen) atoms. The molecule has 0 spiro atoms. The summed E-state index contributed by atoms with van der Waals surface area (Å²) < 4.78 is 0. The predicted molar refractivity (Wildman–Crippen MR) is 38.3 cm³/mol. The Morgan fingerprint density at radius 1 is 1.29 bits per heavy atom. The van der Waals surface area contributed by atoms with E-state index in [0.29, 0.717) is 0 Å². The van der Waals surface area contributed by atoms with Gasteiger partial charge in [0.2, 0.25) is 0 Å². The summed E-state index contributed by atoms with van der Waals surface area (Å²) in [5, 5.41) is 0. The first-order valence-corrected chi connectivity index (χ1v) is 2.77. The molecular weight excluding hydrogens is 96.4 g/mol. The van der Waals surface area contributed by atoms with E-state index >= 15 is 0 Å². The maximum Gasteiger partial charge on any atom is 0.316 e. The Morgan fingerprint density at radius 3 is 1.71 bits per heavy atom. The molecule has 1 heteroatoms. The van der Waals surface area contributed by atoms with Crippen molar-refractivity contribution in [3.8, 4) is 0 Å². The summed E-state index contributed by atoms with van der Waals surface area (Å²) in [7, 11) is 0. The molecule has 0 aromatic carbocycles. The molecule has 0 aromatic rings. The van der Waals surface area contributed by atoms with E-state index in [1.165, 1.54) is 12.8 Å². The SMILES string of the molecule is CCCC(C)C.[MgH2]. The quantitative estimate of drug-likeness (QED) is 0.475. The van der Waals surface area contributed by atoms with Crippen molar-refractivity contribution in [2.75, 3.05) is 0 Å². The van der Waals surface area contributed by atoms with Crippen LogP contribution in [0.1, 0.15) is 33.6 Å². The van der Waals surface area contributed by atoms with E-state index in [1.54, 1.807) is 0 Å². The van der Waals surface area contributed by atoms with Crippen molar-refractivity contribution in [2.45, 2.75) is 33.6 Å². The van der Waals surface area contributed by atoms with Crippen LogP contribution in [0.25, 0.3) is 0 Å². The highest BCUT2D eigenvalue weighted by Crippen LogP contribution is 2.00. The number of hydrogen-bond donors (Lipinski definition) is 0. The Hall–Kier alpha value is 0.766. The second-order valence-corrected chi connectivity index (χ2v) is 2.18. The van der Waals surface area contributed by atoms with Crippen LogP contribution in [0.15, 0.2) is 0 Å². The highest BCUT2D eigenvalue weighted by Gasteiger charge is 1.85. The van der Waals surface area contributed by atoms with Gasteiger partial charge in [-0.05, 0) is 5.92 Å². The lowest BCUT2D eigenvalue weighted by Crippen LogP contribution is -1.81. The van der Waals surface area contributed by atoms with E-state index in [9.17, 15) is 0 Å². The minimum Gasteiger partial charge on any atom is -0.0654 e. The van der Waals surface area contributed by atoms with Crippen LogP contribution in [0.2, 0.25) is 0 Å². The number of hydrogen-bond acceptors (Lipinski definition) is 0. The Balaban J connectivity index is 0. The zero-order valence-corrected chi connectivity index (χ0v) is 4.99. The van der Waals surface area contributed by atoms with Gasteiger partial charge in [-0.15, -0.1) is 0 Å². The smallest absolute Gasteiger partial charge is 0.0654 e. The van der Waals surface area contributed by atoms with Crippen LogP contribution >= 0.6 is 0 Å². The average molecular weight is 112 g/mol. The molecule has 0 atom stereocenters. The first kappa shape index (κ1) is 10.7. The summed E-state index contributed by atoms with van der Waals surface area (Å²) in [4.78, 5) is 0. The molecule has 0 unspecified atom stereocenters. The van der Waals surface area contributed by atoms with Crippen molar-refractivity contribution in [1.29, 1.82) is 0 Å². The lowest BCUT2D eigenvalue weighted by molar-refractivity contribution is 0.576. The van der Waals surface area contributed by atoms with Crippen LogP contribution < -0.4 is 0 Å². The first-order valence-electron chi connectivity index (χ1n) is 2.77. The van der Waals surface area contributed by atoms with E-state index in [-0.39, 0.29) is 23.1 Å². The van der Waals surface area contributed by atoms with E-state index in [0.717, 1.165) is 5.92 Å². The Morgan fingerprint density at radius 2 is 1.71 bits per heavy atom. The van der Waals surface area contributed by atoms with E-state index < -0.39 is 0 Å². The zero-order valence-electron chi connectivity index (χ0n) is 4.99. The van der Waals surface area contributed by atoms with Gasteiger partial charge in [-0.25, -0.2) is 0 Å². The maximum absolute atomic E-state index is 2.25. The molecule has 0 heterocycles. The van der Waals surface area contributed by atoms with Gasteiger partial charge in [0.15, 0.2) is 0 Å². The van der Waals surface area contributed by atoms with Crippen molar-refractivity contribution in [3.05, 3.63) is 0 Å². The monoisotopic (exact) mass is 112 g/mol. The molecule has 0 saturated carbocycles. The lowest BCUT2D eigenvalue weighted by atomic mass is 10.1. The van der Waals surface area contributed by atoms with Gasteiger partial charge in [0, 0.05) is 0 Å². The fourth-order valence-corrected chi connectivity index (χ4v) is 0.577. The molecule has 0 bridgehead atoms. The second kappa shape index (κ2) is 6.77. The van der Waals surface area contributed by atoms with Crippen LogP contribution in [0, 0.1) is 5.92 Å². The van der Waals surface area contributed by atoms with Crippen molar-refractivity contribution in [1.82, 2.24) is 0 Å². The van der Waals surface area contributed by atoms with Gasteiger partial charge in [0.1, 0.15) is 0 Å². The molecule has 0 aliphatic carbocycles. The van der Waals surface area contributed by atoms with Crippen molar-refractivity contribution >= 4 is 23.1 Å². The summed E-state index contributed by atoms with van der Waals surface area (Å²) in [5.74, 6) is 0.898. The molecule has 0 aliphatic heterocycles. The van der Waals surface area contributed by atoms with Gasteiger partial charge >= 0.3 is 23.1 Å². The molecule has 0 N–H and O–H groups in total. The van der Waals surface area contributed by atoms with Gasteiger partial charge in [-0.3, -0.25) is 0 Å². The van der Waals surface area contributed by atoms with Gasteiger partial charge in [-0.2, -0.15) is 0 Å². The fourth-order valence-electron chi connectivity index (χ4n) is 0.577. The van der Waals surface area contributed by atoms with Crippen LogP contribution in [0.4, 0.5) is 0 Å². The molecule has 0 nitrogen and oxygen atoms in total. The number of rotatable bonds is 2. The van der Waals surface area contributed by atoms with Gasteiger partial charge in [-0.1, -0.05) is 33.6 Å². The van der Waals surface area contributed by atoms with Gasteiger partial charge in [0.25, 0.3) is 0 Å². The van der Waals surface area contributed by atoms with Crippen LogP contribution in [-0.4, -0.2) is 23.1 Å². The topological polar surface area (TPSA) is 0 Å². The highest BCUT2D eigenvalue weighted by molar-refractivity contribution is 5.75. The third-order valence-corrected chi connectivity index (χ3v) is 0.866. The predicted octanol–water partition coefficient (Wildman–Crippen LogP) is 1.53. The molecule has 0 amide bonds. The molecule has 0 saturated heterocycles. The highest BCUT2D eigenvalue weighted by atomic mass is 24.3. The average Bonchev–Trinajstić information content (AvgIpc) is 1.35. The van der Waals surface area contributed by atoms with Crippen LogP contribution in [0.3, 0.4) is 0 Å². The normalized spacial score (nSPS) is 8.57. The second-order valence-electron chi connectivity index (χ2n) is 2.18. The van der Waals surface area contributed by atoms with E-state index in [2.05, 4.69) is 20.8 Å². The molecule has 0 rings (SSSR count). The van der Waals surface area contributed by atoms with Gasteiger partial charge in [0.05, 0.1) is 0 Å². The Kier molecular flexibility index (Phi) is 10.3. The lowest BCUT2D eigenvalue weighted by Gasteiger charge is -1.95. The fraction of sp³-hybridized carbons (Fsp3) is 1.00. The summed E-state index contributed by atoms with van der Waals surface area (Å²) >= 11 is 0. The standard InChI is InChI=1S/C6H14.Mg.2H/c1-4-5-6(2)3;;;/h6H,4-5H2,1-3H3;;;. The Bertz CT molecular complexity index is 25.4. The Labute approximate surface area is 62.8 Å². The third kappa shape index (κ3) is 10.8. The molecule has 0 aliphatic rings.